The number of benzene rings is 2. The second-order valence-electron chi connectivity index (χ2n) is 6.13. The predicted octanol–water partition coefficient (Wildman–Crippen LogP) is 4.10. The van der Waals surface area contributed by atoms with E-state index in [4.69, 9.17) is 9.15 Å². The number of nitrogens with one attached hydrogen (secondary N) is 1. The molecule has 1 unspecified atom stereocenters. The highest BCUT2D eigenvalue weighted by molar-refractivity contribution is 5.98. The number of aryl methyl sites for hydroxylation is 1. The number of hydrogen-bond donors (Lipinski definition) is 1. The van der Waals surface area contributed by atoms with Crippen molar-refractivity contribution in [2.75, 3.05) is 7.11 Å². The van der Waals surface area contributed by atoms with Crippen LogP contribution in [0.15, 0.2) is 65.4 Å². The third kappa shape index (κ3) is 4.11. The van der Waals surface area contributed by atoms with E-state index in [1.165, 1.54) is 12.0 Å². The number of hydrogen-bond acceptors (Lipinski definition) is 4. The van der Waals surface area contributed by atoms with Crippen LogP contribution in [0.5, 0.6) is 5.75 Å². The molecular formula is C21H22N2O3. The Kier molecular flexibility index (Phi) is 5.69. The quantitative estimate of drug-likeness (QED) is 0.697. The van der Waals surface area contributed by atoms with Gasteiger partial charge in [0.1, 0.15) is 5.75 Å². The molecule has 0 saturated heterocycles. The van der Waals surface area contributed by atoms with Gasteiger partial charge in [-0.1, -0.05) is 42.5 Å². The van der Waals surface area contributed by atoms with Gasteiger partial charge in [-0.25, -0.2) is 4.98 Å². The van der Waals surface area contributed by atoms with E-state index in [1.807, 2.05) is 49.4 Å². The first-order valence-electron chi connectivity index (χ1n) is 8.60. The lowest BCUT2D eigenvalue weighted by atomic mass is 10.1. The zero-order valence-electron chi connectivity index (χ0n) is 14.9. The third-order valence-corrected chi connectivity index (χ3v) is 4.22. The normalized spacial score (nSPS) is 11.8. The minimum Gasteiger partial charge on any atom is -0.496 e. The molecule has 1 N–H and O–H groups in total. The van der Waals surface area contributed by atoms with Gasteiger partial charge < -0.3 is 14.5 Å². The Labute approximate surface area is 153 Å². The lowest BCUT2D eigenvalue weighted by Crippen LogP contribution is -2.33. The zero-order chi connectivity index (χ0) is 18.4. The fourth-order valence-electron chi connectivity index (χ4n) is 2.82. The van der Waals surface area contributed by atoms with E-state index in [0.29, 0.717) is 17.1 Å². The predicted molar refractivity (Wildman–Crippen MR) is 100 cm³/mol. The van der Waals surface area contributed by atoms with Crippen LogP contribution in [0.3, 0.4) is 0 Å². The Morgan fingerprint density at radius 3 is 2.65 bits per heavy atom. The average Bonchev–Trinajstić information content (AvgIpc) is 3.17. The number of aromatic nitrogens is 1. The molecule has 0 aliphatic heterocycles. The maximum Gasteiger partial charge on any atom is 0.274 e. The van der Waals surface area contributed by atoms with Gasteiger partial charge in [-0.3, -0.25) is 4.79 Å². The van der Waals surface area contributed by atoms with Crippen LogP contribution in [0, 0.1) is 0 Å². The van der Waals surface area contributed by atoms with Gasteiger partial charge in [-0.15, -0.1) is 0 Å². The molecule has 2 aromatic carbocycles. The first kappa shape index (κ1) is 17.7. The smallest absolute Gasteiger partial charge is 0.274 e. The van der Waals surface area contributed by atoms with Crippen molar-refractivity contribution in [2.45, 2.75) is 25.8 Å². The number of rotatable bonds is 7. The van der Waals surface area contributed by atoms with Gasteiger partial charge in [0.25, 0.3) is 5.91 Å². The van der Waals surface area contributed by atoms with Crippen molar-refractivity contribution < 1.29 is 13.9 Å². The molecule has 134 valence electrons. The Morgan fingerprint density at radius 1 is 1.15 bits per heavy atom. The maximum absolute atomic E-state index is 12.6. The fourth-order valence-corrected chi connectivity index (χ4v) is 2.82. The molecular weight excluding hydrogens is 328 g/mol. The molecule has 0 spiro atoms. The molecule has 5 nitrogen and oxygen atoms in total. The molecule has 0 aliphatic carbocycles. The molecule has 0 radical (unpaired) electrons. The van der Waals surface area contributed by atoms with Gasteiger partial charge in [0.2, 0.25) is 0 Å². The molecule has 5 heteroatoms. The Morgan fingerprint density at radius 2 is 1.88 bits per heavy atom. The molecule has 1 atom stereocenters. The van der Waals surface area contributed by atoms with Gasteiger partial charge in [-0.2, -0.15) is 0 Å². The van der Waals surface area contributed by atoms with Gasteiger partial charge in [0, 0.05) is 6.04 Å². The monoisotopic (exact) mass is 350 g/mol. The molecule has 1 heterocycles. The zero-order valence-corrected chi connectivity index (χ0v) is 14.9. The second kappa shape index (κ2) is 8.34. The topological polar surface area (TPSA) is 64.4 Å². The number of carbonyl (C=O) groups excluding carboxylic acids is 1. The molecule has 1 amide bonds. The lowest BCUT2D eigenvalue weighted by molar-refractivity contribution is 0.0934. The average molecular weight is 350 g/mol. The second-order valence-corrected chi connectivity index (χ2v) is 6.13. The van der Waals surface area contributed by atoms with Gasteiger partial charge in [0.05, 0.1) is 12.7 Å². The highest BCUT2D eigenvalue weighted by Crippen LogP contribution is 2.31. The minimum atomic E-state index is -0.250. The summed E-state index contributed by atoms with van der Waals surface area (Å²) in [5.41, 5.74) is 2.22. The van der Waals surface area contributed by atoms with E-state index in [0.717, 1.165) is 12.8 Å². The van der Waals surface area contributed by atoms with Gasteiger partial charge >= 0.3 is 0 Å². The van der Waals surface area contributed by atoms with Crippen molar-refractivity contribution in [3.63, 3.8) is 0 Å². The molecule has 0 bridgehead atoms. The largest absolute Gasteiger partial charge is 0.496 e. The summed E-state index contributed by atoms with van der Waals surface area (Å²) in [4.78, 5) is 16.8. The van der Waals surface area contributed by atoms with Crippen LogP contribution in [-0.4, -0.2) is 24.0 Å². The van der Waals surface area contributed by atoms with E-state index >= 15 is 0 Å². The van der Waals surface area contributed by atoms with E-state index in [-0.39, 0.29) is 17.6 Å². The first-order chi connectivity index (χ1) is 12.7. The SMILES string of the molecule is COc1ccccc1-c1ocnc1C(=O)NC(C)CCc1ccccc1. The van der Waals surface area contributed by atoms with E-state index in [1.54, 1.807) is 7.11 Å². The summed E-state index contributed by atoms with van der Waals surface area (Å²) in [5, 5.41) is 3.00. The van der Waals surface area contributed by atoms with Crippen LogP contribution in [0.1, 0.15) is 29.4 Å². The molecule has 3 aromatic rings. The number of methoxy groups -OCH3 is 1. The highest BCUT2D eigenvalue weighted by atomic mass is 16.5. The Bertz CT molecular complexity index is 858. The van der Waals surface area contributed by atoms with Gasteiger partial charge in [0.15, 0.2) is 17.8 Å². The number of nitrogens with zero attached hydrogens (tertiary/aromatic N) is 1. The van der Waals surface area contributed by atoms with Crippen molar-refractivity contribution in [3.8, 4) is 17.1 Å². The molecule has 1 aromatic heterocycles. The van der Waals surface area contributed by atoms with Crippen LogP contribution >= 0.6 is 0 Å². The molecule has 0 aliphatic rings. The fraction of sp³-hybridized carbons (Fsp3) is 0.238. The van der Waals surface area contributed by atoms with Crippen LogP contribution in [0.4, 0.5) is 0 Å². The summed E-state index contributed by atoms with van der Waals surface area (Å²) in [6.07, 6.45) is 3.03. The van der Waals surface area contributed by atoms with Crippen molar-refractivity contribution in [2.24, 2.45) is 0 Å². The van der Waals surface area contributed by atoms with E-state index in [9.17, 15) is 4.79 Å². The van der Waals surface area contributed by atoms with Gasteiger partial charge in [-0.05, 0) is 37.5 Å². The summed E-state index contributed by atoms with van der Waals surface area (Å²) in [5.74, 6) is 0.797. The summed E-state index contributed by atoms with van der Waals surface area (Å²) in [6.45, 7) is 1.99. The number of ether oxygens (including phenoxy) is 1. The molecule has 0 saturated carbocycles. The Hall–Kier alpha value is -3.08. The Balaban J connectivity index is 1.68. The van der Waals surface area contributed by atoms with E-state index < -0.39 is 0 Å². The lowest BCUT2D eigenvalue weighted by Gasteiger charge is -2.13. The van der Waals surface area contributed by atoms with E-state index in [2.05, 4.69) is 22.4 Å². The molecule has 0 fully saturated rings. The maximum atomic E-state index is 12.6. The van der Waals surface area contributed by atoms with Crippen LogP contribution < -0.4 is 10.1 Å². The summed E-state index contributed by atoms with van der Waals surface area (Å²) >= 11 is 0. The van der Waals surface area contributed by atoms with Crippen molar-refractivity contribution in [1.82, 2.24) is 10.3 Å². The highest BCUT2D eigenvalue weighted by Gasteiger charge is 2.21. The summed E-state index contributed by atoms with van der Waals surface area (Å²) in [7, 11) is 1.58. The summed E-state index contributed by atoms with van der Waals surface area (Å²) in [6, 6.07) is 17.6. The number of carbonyl (C=O) groups is 1. The third-order valence-electron chi connectivity index (χ3n) is 4.22. The van der Waals surface area contributed by atoms with Crippen molar-refractivity contribution in [3.05, 3.63) is 72.2 Å². The number of amides is 1. The minimum absolute atomic E-state index is 0.0184. The molecule has 26 heavy (non-hydrogen) atoms. The number of para-hydroxylation sites is 1. The number of oxazole rings is 1. The summed E-state index contributed by atoms with van der Waals surface area (Å²) < 4.78 is 10.8. The van der Waals surface area contributed by atoms with Crippen molar-refractivity contribution >= 4 is 5.91 Å². The standard InChI is InChI=1S/C21H22N2O3/c1-15(12-13-16-8-4-3-5-9-16)23-21(24)19-20(26-14-22-19)17-10-6-7-11-18(17)25-2/h3-11,14-15H,12-13H2,1-2H3,(H,23,24). The van der Waals surface area contributed by atoms with Crippen LogP contribution in [0.25, 0.3) is 11.3 Å². The first-order valence-corrected chi connectivity index (χ1v) is 8.60. The van der Waals surface area contributed by atoms with Crippen molar-refractivity contribution in [1.29, 1.82) is 0 Å². The van der Waals surface area contributed by atoms with Crippen LogP contribution in [-0.2, 0) is 6.42 Å². The van der Waals surface area contributed by atoms with Crippen LogP contribution in [0.2, 0.25) is 0 Å². The molecule has 3 rings (SSSR count).